The zero-order valence-electron chi connectivity index (χ0n) is 23.6. The molecule has 0 aromatic heterocycles. The van der Waals surface area contributed by atoms with Crippen molar-refractivity contribution in [1.82, 2.24) is 9.80 Å². The van der Waals surface area contributed by atoms with Crippen LogP contribution < -0.4 is 0 Å². The van der Waals surface area contributed by atoms with E-state index in [4.69, 9.17) is 0 Å². The SMILES string of the molecule is CCCCCCCCCCCCCCCCN1C=CN(Cc2ccccc2)C1CCCCCCC. The molecule has 1 aliphatic rings. The molecule has 200 valence electrons. The van der Waals surface area contributed by atoms with Gasteiger partial charge in [-0.2, -0.15) is 0 Å². The fourth-order valence-corrected chi connectivity index (χ4v) is 5.49. The molecule has 0 saturated carbocycles. The van der Waals surface area contributed by atoms with Crippen molar-refractivity contribution in [2.24, 2.45) is 0 Å². The molecule has 1 heterocycles. The van der Waals surface area contributed by atoms with Crippen LogP contribution in [0.5, 0.6) is 0 Å². The van der Waals surface area contributed by atoms with Gasteiger partial charge in [-0.3, -0.25) is 0 Å². The molecule has 0 aliphatic carbocycles. The Bertz CT molecular complexity index is 611. The van der Waals surface area contributed by atoms with E-state index in [0.717, 1.165) is 6.54 Å². The first-order valence-corrected chi connectivity index (χ1v) is 15.6. The van der Waals surface area contributed by atoms with E-state index in [1.54, 1.807) is 0 Å². The van der Waals surface area contributed by atoms with E-state index in [1.165, 1.54) is 141 Å². The molecule has 2 nitrogen and oxygen atoms in total. The molecule has 1 aliphatic heterocycles. The van der Waals surface area contributed by atoms with Gasteiger partial charge in [-0.25, -0.2) is 0 Å². The molecule has 0 radical (unpaired) electrons. The first-order chi connectivity index (χ1) is 17.3. The molecule has 1 atom stereocenters. The van der Waals surface area contributed by atoms with Crippen molar-refractivity contribution in [2.45, 2.75) is 155 Å². The number of benzene rings is 1. The molecule has 0 saturated heterocycles. The summed E-state index contributed by atoms with van der Waals surface area (Å²) in [7, 11) is 0. The van der Waals surface area contributed by atoms with Gasteiger partial charge in [0.1, 0.15) is 6.17 Å². The summed E-state index contributed by atoms with van der Waals surface area (Å²) in [4.78, 5) is 5.22. The highest BCUT2D eigenvalue weighted by Gasteiger charge is 2.25. The lowest BCUT2D eigenvalue weighted by molar-refractivity contribution is 0.132. The topological polar surface area (TPSA) is 6.48 Å². The molecule has 2 rings (SSSR count). The van der Waals surface area contributed by atoms with E-state index in [-0.39, 0.29) is 0 Å². The number of hydrogen-bond acceptors (Lipinski definition) is 2. The highest BCUT2D eigenvalue weighted by atomic mass is 15.4. The summed E-state index contributed by atoms with van der Waals surface area (Å²) in [5, 5.41) is 0. The summed E-state index contributed by atoms with van der Waals surface area (Å²) in [5.41, 5.74) is 1.42. The third kappa shape index (κ3) is 14.0. The Morgan fingerprint density at radius 1 is 0.514 bits per heavy atom. The number of nitrogens with zero attached hydrogens (tertiary/aromatic N) is 2. The third-order valence-corrected chi connectivity index (χ3v) is 7.76. The van der Waals surface area contributed by atoms with E-state index in [0.29, 0.717) is 6.17 Å². The Morgan fingerprint density at radius 3 is 1.51 bits per heavy atom. The lowest BCUT2D eigenvalue weighted by Gasteiger charge is -2.33. The van der Waals surface area contributed by atoms with Crippen molar-refractivity contribution in [3.05, 3.63) is 48.3 Å². The second kappa shape index (κ2) is 20.7. The zero-order chi connectivity index (χ0) is 24.8. The van der Waals surface area contributed by atoms with Crippen LogP contribution in [0.4, 0.5) is 0 Å². The van der Waals surface area contributed by atoms with Crippen LogP contribution in [0.1, 0.15) is 148 Å². The van der Waals surface area contributed by atoms with Crippen LogP contribution in [-0.2, 0) is 6.54 Å². The minimum absolute atomic E-state index is 0.554. The standard InChI is InChI=1S/C33H58N2/c1-3-5-7-9-10-11-12-13-14-15-16-17-19-24-28-34-29-30-35(31-32-25-21-20-22-26-32)33(34)27-23-18-8-6-4-2/h20-22,25-26,29-30,33H,3-19,23-24,27-28,31H2,1-2H3. The summed E-state index contributed by atoms with van der Waals surface area (Å²) >= 11 is 0. The minimum atomic E-state index is 0.554. The number of unbranched alkanes of at least 4 members (excludes halogenated alkanes) is 17. The molecule has 0 fully saturated rings. The first-order valence-electron chi connectivity index (χ1n) is 15.6. The molecule has 0 spiro atoms. The van der Waals surface area contributed by atoms with Crippen LogP contribution >= 0.6 is 0 Å². The highest BCUT2D eigenvalue weighted by molar-refractivity contribution is 5.15. The molecule has 1 aromatic rings. The van der Waals surface area contributed by atoms with Crippen LogP contribution in [0, 0.1) is 0 Å². The molecule has 2 heteroatoms. The lowest BCUT2D eigenvalue weighted by atomic mass is 10.0. The molecular formula is C33H58N2. The van der Waals surface area contributed by atoms with Crippen LogP contribution in [0.25, 0.3) is 0 Å². The fraction of sp³-hybridized carbons (Fsp3) is 0.758. The summed E-state index contributed by atoms with van der Waals surface area (Å²) in [6, 6.07) is 11.0. The van der Waals surface area contributed by atoms with Gasteiger partial charge in [-0.1, -0.05) is 153 Å². The Hall–Kier alpha value is -1.44. The van der Waals surface area contributed by atoms with Crippen LogP contribution in [0.3, 0.4) is 0 Å². The molecule has 1 unspecified atom stereocenters. The second-order valence-corrected chi connectivity index (χ2v) is 11.0. The Labute approximate surface area is 219 Å². The van der Waals surface area contributed by atoms with Crippen LogP contribution in [-0.4, -0.2) is 22.5 Å². The molecule has 1 aromatic carbocycles. The smallest absolute Gasteiger partial charge is 0.101 e. The van der Waals surface area contributed by atoms with Crippen LogP contribution in [0.15, 0.2) is 42.7 Å². The molecule has 0 bridgehead atoms. The quantitative estimate of drug-likeness (QED) is 0.143. The van der Waals surface area contributed by atoms with Crippen LogP contribution in [0.2, 0.25) is 0 Å². The fourth-order valence-electron chi connectivity index (χ4n) is 5.49. The van der Waals surface area contributed by atoms with Gasteiger partial charge in [0, 0.05) is 25.5 Å². The lowest BCUT2D eigenvalue weighted by Crippen LogP contribution is -2.38. The largest absolute Gasteiger partial charge is 0.356 e. The van der Waals surface area contributed by atoms with Crippen molar-refractivity contribution in [3.63, 3.8) is 0 Å². The first kappa shape index (κ1) is 29.8. The minimum Gasteiger partial charge on any atom is -0.356 e. The second-order valence-electron chi connectivity index (χ2n) is 11.0. The molecule has 0 amide bonds. The Kier molecular flexibility index (Phi) is 17.6. The van der Waals surface area contributed by atoms with Gasteiger partial charge >= 0.3 is 0 Å². The zero-order valence-corrected chi connectivity index (χ0v) is 23.6. The van der Waals surface area contributed by atoms with E-state index >= 15 is 0 Å². The summed E-state index contributed by atoms with van der Waals surface area (Å²) in [5.74, 6) is 0. The number of rotatable bonds is 23. The van der Waals surface area contributed by atoms with Gasteiger partial charge in [0.25, 0.3) is 0 Å². The average molecular weight is 483 g/mol. The van der Waals surface area contributed by atoms with Crippen molar-refractivity contribution < 1.29 is 0 Å². The van der Waals surface area contributed by atoms with Gasteiger partial charge in [0.05, 0.1) is 0 Å². The van der Waals surface area contributed by atoms with Gasteiger partial charge in [0.15, 0.2) is 0 Å². The van der Waals surface area contributed by atoms with E-state index in [1.807, 2.05) is 0 Å². The Morgan fingerprint density at radius 2 is 0.971 bits per heavy atom. The highest BCUT2D eigenvalue weighted by Crippen LogP contribution is 2.25. The van der Waals surface area contributed by atoms with Gasteiger partial charge in [0.2, 0.25) is 0 Å². The summed E-state index contributed by atoms with van der Waals surface area (Å²) in [6.45, 7) is 6.86. The maximum absolute atomic E-state index is 2.64. The van der Waals surface area contributed by atoms with Gasteiger partial charge < -0.3 is 9.80 Å². The normalized spacial score (nSPS) is 15.4. The molecular weight excluding hydrogens is 424 g/mol. The van der Waals surface area contributed by atoms with Gasteiger partial charge in [-0.15, -0.1) is 0 Å². The van der Waals surface area contributed by atoms with E-state index < -0.39 is 0 Å². The summed E-state index contributed by atoms with van der Waals surface area (Å²) in [6.07, 6.45) is 33.5. The monoisotopic (exact) mass is 482 g/mol. The van der Waals surface area contributed by atoms with Crippen molar-refractivity contribution in [2.75, 3.05) is 6.54 Å². The van der Waals surface area contributed by atoms with Crippen molar-refractivity contribution in [1.29, 1.82) is 0 Å². The number of hydrogen-bond donors (Lipinski definition) is 0. The third-order valence-electron chi connectivity index (χ3n) is 7.76. The maximum Gasteiger partial charge on any atom is 0.101 e. The van der Waals surface area contributed by atoms with E-state index in [9.17, 15) is 0 Å². The van der Waals surface area contributed by atoms with Crippen molar-refractivity contribution in [3.8, 4) is 0 Å². The summed E-state index contributed by atoms with van der Waals surface area (Å²) < 4.78 is 0. The predicted molar refractivity (Wildman–Crippen MR) is 155 cm³/mol. The predicted octanol–water partition coefficient (Wildman–Crippen LogP) is 10.4. The van der Waals surface area contributed by atoms with E-state index in [2.05, 4.69) is 66.4 Å². The Balaban J connectivity index is 1.56. The maximum atomic E-state index is 2.64. The average Bonchev–Trinajstić information content (AvgIpc) is 3.25. The van der Waals surface area contributed by atoms with Gasteiger partial charge in [-0.05, 0) is 24.8 Å². The molecule has 35 heavy (non-hydrogen) atoms. The molecule has 0 N–H and O–H groups in total. The van der Waals surface area contributed by atoms with Crippen molar-refractivity contribution >= 4 is 0 Å².